The largest absolute Gasteiger partial charge is 0.393 e. The molecule has 1 saturated heterocycles. The van der Waals surface area contributed by atoms with E-state index in [1.807, 2.05) is 13.8 Å². The summed E-state index contributed by atoms with van der Waals surface area (Å²) in [4.78, 5) is 12.3. The van der Waals surface area contributed by atoms with Crippen LogP contribution in [0.4, 0.5) is 0 Å². The molecule has 16 heavy (non-hydrogen) atoms. The van der Waals surface area contributed by atoms with E-state index in [9.17, 15) is 4.79 Å². The molecule has 4 nitrogen and oxygen atoms in total. The molecule has 1 rings (SSSR count). The van der Waals surface area contributed by atoms with E-state index >= 15 is 0 Å². The van der Waals surface area contributed by atoms with Gasteiger partial charge in [0.1, 0.15) is 0 Å². The minimum atomic E-state index is -0.363. The third kappa shape index (κ3) is 3.72. The maximum absolute atomic E-state index is 12.0. The first-order chi connectivity index (χ1) is 7.52. The van der Waals surface area contributed by atoms with Crippen LogP contribution in [0.3, 0.4) is 0 Å². The molecule has 1 heterocycles. The Morgan fingerprint density at radius 2 is 2.00 bits per heavy atom. The summed E-state index contributed by atoms with van der Waals surface area (Å²) >= 11 is 4.93. The van der Waals surface area contributed by atoms with Gasteiger partial charge in [-0.3, -0.25) is 4.79 Å². The van der Waals surface area contributed by atoms with Gasteiger partial charge in [-0.05, 0) is 18.8 Å². The zero-order valence-electron chi connectivity index (χ0n) is 9.86. The van der Waals surface area contributed by atoms with Crippen LogP contribution in [0.2, 0.25) is 0 Å². The standard InChI is InChI=1S/C11H20N2O2S/c1-7(2)9(10(12)16)11(14)13-8-3-5-15-6-4-8/h7-9H,3-6H2,1-2H3,(H2,12,16)(H,13,14). The number of carbonyl (C=O) groups is 1. The van der Waals surface area contributed by atoms with Gasteiger partial charge in [0.05, 0.1) is 10.9 Å². The number of ether oxygens (including phenoxy) is 1. The van der Waals surface area contributed by atoms with E-state index in [-0.39, 0.29) is 28.8 Å². The van der Waals surface area contributed by atoms with Crippen LogP contribution in [0.25, 0.3) is 0 Å². The molecule has 0 aromatic carbocycles. The Balaban J connectivity index is 2.51. The lowest BCUT2D eigenvalue weighted by atomic mass is 9.94. The molecule has 1 fully saturated rings. The maximum Gasteiger partial charge on any atom is 0.230 e. The normalized spacial score (nSPS) is 19.4. The second-order valence-electron chi connectivity index (χ2n) is 4.52. The molecule has 3 N–H and O–H groups in total. The summed E-state index contributed by atoms with van der Waals surface area (Å²) in [7, 11) is 0. The summed E-state index contributed by atoms with van der Waals surface area (Å²) in [5, 5.41) is 3.00. The first kappa shape index (κ1) is 13.4. The molecule has 1 amide bonds. The van der Waals surface area contributed by atoms with Crippen molar-refractivity contribution in [1.82, 2.24) is 5.32 Å². The lowest BCUT2D eigenvalue weighted by molar-refractivity contribution is -0.125. The van der Waals surface area contributed by atoms with Gasteiger partial charge >= 0.3 is 0 Å². The molecule has 0 aliphatic carbocycles. The number of carbonyl (C=O) groups excluding carboxylic acids is 1. The van der Waals surface area contributed by atoms with Gasteiger partial charge in [0, 0.05) is 19.3 Å². The summed E-state index contributed by atoms with van der Waals surface area (Å²) in [5.74, 6) is -0.274. The molecule has 0 aromatic rings. The molecule has 92 valence electrons. The van der Waals surface area contributed by atoms with Gasteiger partial charge in [-0.1, -0.05) is 26.1 Å². The van der Waals surface area contributed by atoms with Gasteiger partial charge in [-0.2, -0.15) is 0 Å². The monoisotopic (exact) mass is 244 g/mol. The van der Waals surface area contributed by atoms with E-state index < -0.39 is 0 Å². The molecule has 0 radical (unpaired) electrons. The van der Waals surface area contributed by atoms with Crippen molar-refractivity contribution in [2.75, 3.05) is 13.2 Å². The van der Waals surface area contributed by atoms with Crippen molar-refractivity contribution in [3.63, 3.8) is 0 Å². The molecule has 5 heteroatoms. The van der Waals surface area contributed by atoms with Crippen molar-refractivity contribution in [3.05, 3.63) is 0 Å². The first-order valence-corrected chi connectivity index (χ1v) is 6.10. The van der Waals surface area contributed by atoms with Gasteiger partial charge in [-0.15, -0.1) is 0 Å². The number of thiocarbonyl (C=S) groups is 1. The zero-order valence-corrected chi connectivity index (χ0v) is 10.7. The topological polar surface area (TPSA) is 64.3 Å². The Morgan fingerprint density at radius 3 is 2.44 bits per heavy atom. The molecule has 0 spiro atoms. The van der Waals surface area contributed by atoms with Crippen LogP contribution in [0.5, 0.6) is 0 Å². The molecule has 1 unspecified atom stereocenters. The number of hydrogen-bond donors (Lipinski definition) is 2. The molecule has 0 saturated carbocycles. The number of rotatable bonds is 4. The summed E-state index contributed by atoms with van der Waals surface area (Å²) < 4.78 is 5.23. The molecule has 0 bridgehead atoms. The average molecular weight is 244 g/mol. The van der Waals surface area contributed by atoms with Crippen LogP contribution in [0, 0.1) is 11.8 Å². The minimum Gasteiger partial charge on any atom is -0.393 e. The molecular formula is C11H20N2O2S. The Bertz CT molecular complexity index is 263. The van der Waals surface area contributed by atoms with Crippen LogP contribution in [0.15, 0.2) is 0 Å². The van der Waals surface area contributed by atoms with Crippen LogP contribution >= 0.6 is 12.2 Å². The van der Waals surface area contributed by atoms with Gasteiger partial charge in [0.25, 0.3) is 0 Å². The van der Waals surface area contributed by atoms with E-state index in [1.54, 1.807) is 0 Å². The van der Waals surface area contributed by atoms with Crippen LogP contribution < -0.4 is 11.1 Å². The average Bonchev–Trinajstić information content (AvgIpc) is 2.17. The van der Waals surface area contributed by atoms with E-state index in [0.29, 0.717) is 13.2 Å². The fourth-order valence-corrected chi connectivity index (χ4v) is 2.27. The first-order valence-electron chi connectivity index (χ1n) is 5.69. The molecule has 0 aromatic heterocycles. The van der Waals surface area contributed by atoms with E-state index in [4.69, 9.17) is 22.7 Å². The molecular weight excluding hydrogens is 224 g/mol. The summed E-state index contributed by atoms with van der Waals surface area (Å²) in [6.07, 6.45) is 1.74. The number of nitrogens with two attached hydrogens (primary N) is 1. The van der Waals surface area contributed by atoms with Crippen molar-refractivity contribution in [3.8, 4) is 0 Å². The number of amides is 1. The lowest BCUT2D eigenvalue weighted by Crippen LogP contribution is -2.46. The predicted octanol–water partition coefficient (Wildman–Crippen LogP) is 0.840. The summed E-state index contributed by atoms with van der Waals surface area (Å²) in [5.41, 5.74) is 5.59. The lowest BCUT2D eigenvalue weighted by Gasteiger charge is -2.26. The van der Waals surface area contributed by atoms with Crippen LogP contribution in [-0.2, 0) is 9.53 Å². The highest BCUT2D eigenvalue weighted by Gasteiger charge is 2.27. The van der Waals surface area contributed by atoms with E-state index in [0.717, 1.165) is 12.8 Å². The quantitative estimate of drug-likeness (QED) is 0.719. The Kier molecular flexibility index (Phi) is 5.15. The maximum atomic E-state index is 12.0. The molecule has 1 aliphatic rings. The summed E-state index contributed by atoms with van der Waals surface area (Å²) in [6, 6.07) is 0.205. The third-order valence-corrected chi connectivity index (χ3v) is 3.08. The van der Waals surface area contributed by atoms with Gasteiger partial charge in [0.15, 0.2) is 0 Å². The van der Waals surface area contributed by atoms with Crippen molar-refractivity contribution >= 4 is 23.1 Å². The smallest absolute Gasteiger partial charge is 0.230 e. The van der Waals surface area contributed by atoms with Crippen molar-refractivity contribution in [1.29, 1.82) is 0 Å². The Labute approximate surface area is 102 Å². The van der Waals surface area contributed by atoms with Crippen molar-refractivity contribution in [2.45, 2.75) is 32.7 Å². The van der Waals surface area contributed by atoms with Gasteiger partial charge < -0.3 is 15.8 Å². The number of nitrogens with one attached hydrogen (secondary N) is 1. The molecule has 1 aliphatic heterocycles. The fourth-order valence-electron chi connectivity index (χ4n) is 1.89. The summed E-state index contributed by atoms with van der Waals surface area (Å²) in [6.45, 7) is 5.33. The van der Waals surface area contributed by atoms with Gasteiger partial charge in [-0.25, -0.2) is 0 Å². The number of hydrogen-bond acceptors (Lipinski definition) is 3. The van der Waals surface area contributed by atoms with Crippen molar-refractivity contribution < 1.29 is 9.53 Å². The SMILES string of the molecule is CC(C)C(C(=O)NC1CCOCC1)C(N)=S. The third-order valence-electron chi connectivity index (χ3n) is 2.82. The Morgan fingerprint density at radius 1 is 1.44 bits per heavy atom. The van der Waals surface area contributed by atoms with Gasteiger partial charge in [0.2, 0.25) is 5.91 Å². The second-order valence-corrected chi connectivity index (χ2v) is 4.99. The highest BCUT2D eigenvalue weighted by Crippen LogP contribution is 2.13. The van der Waals surface area contributed by atoms with Crippen molar-refractivity contribution in [2.24, 2.45) is 17.6 Å². The van der Waals surface area contributed by atoms with E-state index in [2.05, 4.69) is 5.32 Å². The predicted molar refractivity (Wildman–Crippen MR) is 67.1 cm³/mol. The van der Waals surface area contributed by atoms with E-state index in [1.165, 1.54) is 0 Å². The highest BCUT2D eigenvalue weighted by molar-refractivity contribution is 7.80. The van der Waals surface area contributed by atoms with Crippen LogP contribution in [0.1, 0.15) is 26.7 Å². The molecule has 1 atom stereocenters. The minimum absolute atomic E-state index is 0.0469. The Hall–Kier alpha value is -0.680. The second kappa shape index (κ2) is 6.15. The fraction of sp³-hybridized carbons (Fsp3) is 0.818. The zero-order chi connectivity index (χ0) is 12.1. The highest BCUT2D eigenvalue weighted by atomic mass is 32.1. The van der Waals surface area contributed by atoms with Crippen LogP contribution in [-0.4, -0.2) is 30.2 Å².